The van der Waals surface area contributed by atoms with Crippen molar-refractivity contribution in [3.05, 3.63) is 45.6 Å². The minimum Gasteiger partial charge on any atom is -0.493 e. The summed E-state index contributed by atoms with van der Waals surface area (Å²) in [5.74, 6) is 1.47. The number of benzene rings is 1. The molecule has 0 unspecified atom stereocenters. The van der Waals surface area contributed by atoms with Gasteiger partial charge in [0.2, 0.25) is 0 Å². The Balaban J connectivity index is 1.62. The fourth-order valence-corrected chi connectivity index (χ4v) is 3.72. The summed E-state index contributed by atoms with van der Waals surface area (Å²) in [5.41, 5.74) is 0.993. The Labute approximate surface area is 146 Å². The minimum atomic E-state index is -0.0432. The molecule has 1 heterocycles. The van der Waals surface area contributed by atoms with Gasteiger partial charge in [0.15, 0.2) is 11.5 Å². The molecule has 1 amide bonds. The number of ether oxygens (including phenoxy) is 2. The number of carbonyl (C=O) groups excluding carboxylic acids is 1. The van der Waals surface area contributed by atoms with E-state index in [1.54, 1.807) is 7.11 Å². The van der Waals surface area contributed by atoms with E-state index >= 15 is 0 Å². The van der Waals surface area contributed by atoms with Crippen LogP contribution in [0.5, 0.6) is 11.5 Å². The third kappa shape index (κ3) is 4.09. The summed E-state index contributed by atoms with van der Waals surface area (Å²) in [6, 6.07) is 9.66. The van der Waals surface area contributed by atoms with Crippen molar-refractivity contribution < 1.29 is 14.3 Å². The lowest BCUT2D eigenvalue weighted by Gasteiger charge is -2.16. The zero-order valence-electron chi connectivity index (χ0n) is 14.1. The van der Waals surface area contributed by atoms with Crippen molar-refractivity contribution in [3.8, 4) is 11.5 Å². The average Bonchev–Trinajstić information content (AvgIpc) is 3.25. The molecule has 1 saturated carbocycles. The molecule has 1 aromatic heterocycles. The maximum atomic E-state index is 12.1. The molecule has 0 radical (unpaired) electrons. The van der Waals surface area contributed by atoms with Gasteiger partial charge in [-0.25, -0.2) is 0 Å². The van der Waals surface area contributed by atoms with Crippen molar-refractivity contribution in [2.45, 2.75) is 45.3 Å². The van der Waals surface area contributed by atoms with Gasteiger partial charge in [-0.15, -0.1) is 11.3 Å². The van der Waals surface area contributed by atoms with E-state index in [4.69, 9.17) is 9.47 Å². The molecule has 0 bridgehead atoms. The van der Waals surface area contributed by atoms with Crippen LogP contribution in [0.3, 0.4) is 0 Å². The van der Waals surface area contributed by atoms with Crippen LogP contribution in [0.1, 0.15) is 45.8 Å². The first-order valence-electron chi connectivity index (χ1n) is 8.34. The summed E-state index contributed by atoms with van der Waals surface area (Å²) in [7, 11) is 1.65. The van der Waals surface area contributed by atoms with Gasteiger partial charge in [0.1, 0.15) is 0 Å². The van der Waals surface area contributed by atoms with Gasteiger partial charge in [0, 0.05) is 11.4 Å². The molecule has 2 aromatic rings. The van der Waals surface area contributed by atoms with Crippen LogP contribution in [-0.2, 0) is 6.54 Å². The van der Waals surface area contributed by atoms with Crippen LogP contribution in [0.25, 0.3) is 0 Å². The van der Waals surface area contributed by atoms with Crippen molar-refractivity contribution in [2.24, 2.45) is 0 Å². The van der Waals surface area contributed by atoms with Crippen LogP contribution in [0.15, 0.2) is 30.3 Å². The van der Waals surface area contributed by atoms with Crippen LogP contribution in [0, 0.1) is 6.92 Å². The van der Waals surface area contributed by atoms with E-state index in [9.17, 15) is 4.79 Å². The quantitative estimate of drug-likeness (QED) is 0.848. The second-order valence-corrected chi connectivity index (χ2v) is 7.39. The molecule has 1 aliphatic carbocycles. The first kappa shape index (κ1) is 16.8. The third-order valence-electron chi connectivity index (χ3n) is 4.24. The fraction of sp³-hybridized carbons (Fsp3) is 0.421. The van der Waals surface area contributed by atoms with Crippen LogP contribution in [0.2, 0.25) is 0 Å². The van der Waals surface area contributed by atoms with E-state index in [0.717, 1.165) is 39.7 Å². The number of thiophene rings is 1. The van der Waals surface area contributed by atoms with Gasteiger partial charge in [-0.3, -0.25) is 4.79 Å². The largest absolute Gasteiger partial charge is 0.493 e. The molecule has 0 aliphatic heterocycles. The maximum absolute atomic E-state index is 12.1. The summed E-state index contributed by atoms with van der Waals surface area (Å²) < 4.78 is 11.5. The summed E-state index contributed by atoms with van der Waals surface area (Å²) in [4.78, 5) is 14.0. The van der Waals surface area contributed by atoms with Gasteiger partial charge >= 0.3 is 0 Å². The molecule has 24 heavy (non-hydrogen) atoms. The average molecular weight is 345 g/mol. The SMILES string of the molecule is COc1cc(CNC(=O)c2ccc(C)s2)ccc1OC1CCCC1. The Morgan fingerprint density at radius 2 is 2.00 bits per heavy atom. The van der Waals surface area contributed by atoms with Gasteiger partial charge in [0.25, 0.3) is 5.91 Å². The minimum absolute atomic E-state index is 0.0432. The monoisotopic (exact) mass is 345 g/mol. The van der Waals surface area contributed by atoms with Gasteiger partial charge in [0.05, 0.1) is 18.1 Å². The second-order valence-electron chi connectivity index (χ2n) is 6.10. The Bertz CT molecular complexity index is 704. The second kappa shape index (κ2) is 7.71. The van der Waals surface area contributed by atoms with Gasteiger partial charge in [-0.05, 0) is 62.4 Å². The van der Waals surface area contributed by atoms with Crippen molar-refractivity contribution >= 4 is 17.2 Å². The van der Waals surface area contributed by atoms with Crippen molar-refractivity contribution in [2.75, 3.05) is 7.11 Å². The first-order chi connectivity index (χ1) is 11.7. The standard InChI is InChI=1S/C19H23NO3S/c1-13-7-10-18(24-13)19(21)20-12-14-8-9-16(17(11-14)22-2)23-15-5-3-4-6-15/h7-11,15H,3-6,12H2,1-2H3,(H,20,21). The molecule has 0 saturated heterocycles. The molecular weight excluding hydrogens is 322 g/mol. The lowest BCUT2D eigenvalue weighted by Crippen LogP contribution is -2.21. The summed E-state index contributed by atoms with van der Waals surface area (Å²) in [6.45, 7) is 2.46. The summed E-state index contributed by atoms with van der Waals surface area (Å²) in [5, 5.41) is 2.95. The molecule has 1 aliphatic rings. The highest BCUT2D eigenvalue weighted by atomic mass is 32.1. The van der Waals surface area contributed by atoms with Gasteiger partial charge in [-0.1, -0.05) is 6.07 Å². The Morgan fingerprint density at radius 1 is 1.21 bits per heavy atom. The molecule has 1 fully saturated rings. The van der Waals surface area contributed by atoms with Crippen LogP contribution in [-0.4, -0.2) is 19.1 Å². The number of nitrogens with one attached hydrogen (secondary N) is 1. The number of methoxy groups -OCH3 is 1. The van der Waals surface area contributed by atoms with E-state index < -0.39 is 0 Å². The van der Waals surface area contributed by atoms with E-state index in [1.165, 1.54) is 24.2 Å². The fourth-order valence-electron chi connectivity index (χ4n) is 2.93. The molecular formula is C19H23NO3S. The topological polar surface area (TPSA) is 47.6 Å². The van der Waals surface area contributed by atoms with Crippen LogP contribution < -0.4 is 14.8 Å². The summed E-state index contributed by atoms with van der Waals surface area (Å²) >= 11 is 1.50. The van der Waals surface area contributed by atoms with Crippen molar-refractivity contribution in [1.82, 2.24) is 5.32 Å². The van der Waals surface area contributed by atoms with Gasteiger partial charge in [-0.2, -0.15) is 0 Å². The highest BCUT2D eigenvalue weighted by Gasteiger charge is 2.18. The summed E-state index contributed by atoms with van der Waals surface area (Å²) in [6.07, 6.45) is 4.99. The van der Waals surface area contributed by atoms with Crippen molar-refractivity contribution in [1.29, 1.82) is 0 Å². The number of rotatable bonds is 6. The number of hydrogen-bond acceptors (Lipinski definition) is 4. The zero-order valence-corrected chi connectivity index (χ0v) is 14.9. The lowest BCUT2D eigenvalue weighted by molar-refractivity contribution is 0.0955. The molecule has 3 rings (SSSR count). The predicted octanol–water partition coefficient (Wildman–Crippen LogP) is 4.32. The molecule has 0 atom stereocenters. The maximum Gasteiger partial charge on any atom is 0.261 e. The first-order valence-corrected chi connectivity index (χ1v) is 9.15. The third-order valence-corrected chi connectivity index (χ3v) is 5.24. The van der Waals surface area contributed by atoms with E-state index in [-0.39, 0.29) is 5.91 Å². The highest BCUT2D eigenvalue weighted by molar-refractivity contribution is 7.13. The van der Waals surface area contributed by atoms with E-state index in [0.29, 0.717) is 12.6 Å². The predicted molar refractivity (Wildman–Crippen MR) is 96.1 cm³/mol. The lowest BCUT2D eigenvalue weighted by atomic mass is 10.2. The van der Waals surface area contributed by atoms with Crippen LogP contribution in [0.4, 0.5) is 0 Å². The Hall–Kier alpha value is -2.01. The van der Waals surface area contributed by atoms with E-state index in [2.05, 4.69) is 5.32 Å². The molecule has 0 spiro atoms. The smallest absolute Gasteiger partial charge is 0.261 e. The Kier molecular flexibility index (Phi) is 5.41. The van der Waals surface area contributed by atoms with Crippen LogP contribution >= 0.6 is 11.3 Å². The van der Waals surface area contributed by atoms with E-state index in [1.807, 2.05) is 37.3 Å². The number of carbonyl (C=O) groups is 1. The number of amides is 1. The molecule has 5 heteroatoms. The number of aryl methyl sites for hydroxylation is 1. The molecule has 1 aromatic carbocycles. The van der Waals surface area contributed by atoms with Crippen molar-refractivity contribution in [3.63, 3.8) is 0 Å². The highest BCUT2D eigenvalue weighted by Crippen LogP contribution is 2.32. The molecule has 1 N–H and O–H groups in total. The zero-order chi connectivity index (χ0) is 16.9. The molecule has 4 nitrogen and oxygen atoms in total. The van der Waals surface area contributed by atoms with Gasteiger partial charge < -0.3 is 14.8 Å². The normalized spacial score (nSPS) is 14.6. The number of hydrogen-bond donors (Lipinski definition) is 1. The Morgan fingerprint density at radius 3 is 2.67 bits per heavy atom. The molecule has 128 valence electrons.